The van der Waals surface area contributed by atoms with Gasteiger partial charge < -0.3 is 0 Å². The molecule has 0 heterocycles. The minimum Gasteiger partial charge on any atom is -0.0683 e. The van der Waals surface area contributed by atoms with Gasteiger partial charge in [-0.25, -0.2) is 0 Å². The largest absolute Gasteiger partial charge is 0.0683 e. The Morgan fingerprint density at radius 1 is 0.581 bits per heavy atom. The quantitative estimate of drug-likeness (QED) is 0.171. The van der Waals surface area contributed by atoms with Gasteiger partial charge in [-0.15, -0.1) is 0 Å². The first-order chi connectivity index (χ1) is 20.4. The molecule has 2 aromatic rings. The Hall–Kier alpha value is -1.56. The Balaban J connectivity index is 0.00000422. The highest BCUT2D eigenvalue weighted by atomic mass is 14.3. The summed E-state index contributed by atoms with van der Waals surface area (Å²) in [6.45, 7) is 34.5. The van der Waals surface area contributed by atoms with Crippen LogP contribution >= 0.6 is 0 Å². The molecule has 2 aromatic carbocycles. The van der Waals surface area contributed by atoms with Crippen LogP contribution in [-0.4, -0.2) is 0 Å². The normalized spacial score (nSPS) is 12.4. The van der Waals surface area contributed by atoms with Crippen molar-refractivity contribution < 1.29 is 0 Å². The second-order valence-corrected chi connectivity index (χ2v) is 14.2. The smallest absolute Gasteiger partial charge is 0.0115 e. The van der Waals surface area contributed by atoms with Gasteiger partial charge in [0.2, 0.25) is 0 Å². The van der Waals surface area contributed by atoms with Crippen molar-refractivity contribution in [2.24, 2.45) is 5.92 Å². The fourth-order valence-corrected chi connectivity index (χ4v) is 6.60. The fourth-order valence-electron chi connectivity index (χ4n) is 6.60. The SMILES string of the molecule is CC.CC.CCCCc1cc(C(c2cc(CCCC)cc(C(C)(C)CCCC)c2C)C(C)C)cc(C(C)(C)CCCC)c1. The second-order valence-electron chi connectivity index (χ2n) is 14.2. The number of unbranched alkanes of at least 4 members (excludes halogenated alkanes) is 4. The monoisotopic (exact) mass is 593 g/mol. The number of aryl methyl sites for hydroxylation is 2. The molecule has 0 bridgehead atoms. The third-order valence-electron chi connectivity index (χ3n) is 9.34. The van der Waals surface area contributed by atoms with E-state index in [1.807, 2.05) is 27.7 Å². The topological polar surface area (TPSA) is 0 Å². The minimum atomic E-state index is 0.203. The molecule has 0 aliphatic carbocycles. The van der Waals surface area contributed by atoms with Crippen LogP contribution in [0.2, 0.25) is 0 Å². The number of hydrogen-bond acceptors (Lipinski definition) is 0. The Bertz CT molecular complexity index is 1000. The molecule has 0 nitrogen and oxygen atoms in total. The van der Waals surface area contributed by atoms with Crippen LogP contribution in [0.4, 0.5) is 0 Å². The molecule has 0 N–H and O–H groups in total. The predicted molar refractivity (Wildman–Crippen MR) is 199 cm³/mol. The lowest BCUT2D eigenvalue weighted by Crippen LogP contribution is -2.22. The zero-order valence-corrected chi connectivity index (χ0v) is 32.0. The van der Waals surface area contributed by atoms with Gasteiger partial charge in [-0.3, -0.25) is 0 Å². The van der Waals surface area contributed by atoms with Crippen molar-refractivity contribution in [2.75, 3.05) is 0 Å². The average Bonchev–Trinajstić information content (AvgIpc) is 2.99. The van der Waals surface area contributed by atoms with Crippen molar-refractivity contribution in [1.29, 1.82) is 0 Å². The second kappa shape index (κ2) is 21.2. The highest BCUT2D eigenvalue weighted by Crippen LogP contribution is 2.42. The summed E-state index contributed by atoms with van der Waals surface area (Å²) in [5.74, 6) is 0.972. The molecule has 0 heteroatoms. The van der Waals surface area contributed by atoms with Gasteiger partial charge in [-0.2, -0.15) is 0 Å². The Morgan fingerprint density at radius 3 is 1.51 bits per heavy atom. The summed E-state index contributed by atoms with van der Waals surface area (Å²) >= 11 is 0. The van der Waals surface area contributed by atoms with Gasteiger partial charge in [0.05, 0.1) is 0 Å². The molecular formula is C43H76. The first-order valence-corrected chi connectivity index (χ1v) is 18.7. The van der Waals surface area contributed by atoms with E-state index in [9.17, 15) is 0 Å². The first-order valence-electron chi connectivity index (χ1n) is 18.7. The summed E-state index contributed by atoms with van der Waals surface area (Å²) < 4.78 is 0. The van der Waals surface area contributed by atoms with Crippen LogP contribution < -0.4 is 0 Å². The molecule has 43 heavy (non-hydrogen) atoms. The number of benzene rings is 2. The summed E-state index contributed by atoms with van der Waals surface area (Å²) in [6, 6.07) is 12.9. The molecule has 0 aliphatic rings. The van der Waals surface area contributed by atoms with Gasteiger partial charge in [0.15, 0.2) is 0 Å². The van der Waals surface area contributed by atoms with Crippen molar-refractivity contribution in [1.82, 2.24) is 0 Å². The third-order valence-corrected chi connectivity index (χ3v) is 9.34. The minimum absolute atomic E-state index is 0.203. The van der Waals surface area contributed by atoms with Crippen molar-refractivity contribution >= 4 is 0 Å². The molecule has 0 spiro atoms. The lowest BCUT2D eigenvalue weighted by Gasteiger charge is -2.33. The molecule has 0 amide bonds. The van der Waals surface area contributed by atoms with Crippen LogP contribution in [-0.2, 0) is 23.7 Å². The van der Waals surface area contributed by atoms with Crippen molar-refractivity contribution in [3.8, 4) is 0 Å². The molecule has 248 valence electrons. The van der Waals surface area contributed by atoms with E-state index >= 15 is 0 Å². The molecule has 0 saturated carbocycles. The Labute approximate surface area is 272 Å². The van der Waals surface area contributed by atoms with E-state index < -0.39 is 0 Å². The zero-order valence-electron chi connectivity index (χ0n) is 32.0. The molecule has 0 aromatic heterocycles. The molecule has 0 fully saturated rings. The van der Waals surface area contributed by atoms with Gasteiger partial charge in [-0.1, -0.05) is 166 Å². The molecule has 0 saturated heterocycles. The maximum absolute atomic E-state index is 2.61. The van der Waals surface area contributed by atoms with Crippen LogP contribution in [0.15, 0.2) is 30.3 Å². The maximum Gasteiger partial charge on any atom is 0.0115 e. The van der Waals surface area contributed by atoms with Gasteiger partial charge in [0.25, 0.3) is 0 Å². The highest BCUT2D eigenvalue weighted by Gasteiger charge is 2.29. The average molecular weight is 593 g/mol. The van der Waals surface area contributed by atoms with Crippen molar-refractivity contribution in [2.45, 2.75) is 198 Å². The molecule has 0 aliphatic heterocycles. The van der Waals surface area contributed by atoms with Crippen molar-refractivity contribution in [3.05, 3.63) is 69.3 Å². The molecule has 2 rings (SSSR count). The predicted octanol–water partition coefficient (Wildman–Crippen LogP) is 14.5. The standard InChI is InChI=1S/C39H64.2C2H6/c1-12-16-20-31-24-33(28-34(25-31)38(8,9)22-18-14-3)37(29(5)6)35-26-32(21-17-13-2)27-36(30(35)7)39(10,11)23-19-15-4;2*1-2/h24-29,37H,12-23H2,1-11H3;2*1-2H3. The van der Waals surface area contributed by atoms with E-state index in [2.05, 4.69) is 106 Å². The highest BCUT2D eigenvalue weighted by molar-refractivity contribution is 5.49. The Morgan fingerprint density at radius 2 is 1.05 bits per heavy atom. The van der Waals surface area contributed by atoms with E-state index in [4.69, 9.17) is 0 Å². The lowest BCUT2D eigenvalue weighted by atomic mass is 9.71. The summed E-state index contributed by atoms with van der Waals surface area (Å²) in [5, 5.41) is 0. The van der Waals surface area contributed by atoms with Gasteiger partial charge in [0, 0.05) is 5.92 Å². The van der Waals surface area contributed by atoms with E-state index in [1.54, 1.807) is 38.9 Å². The molecule has 0 radical (unpaired) electrons. The first kappa shape index (κ1) is 41.4. The summed E-state index contributed by atoms with van der Waals surface area (Å²) in [4.78, 5) is 0. The van der Waals surface area contributed by atoms with E-state index in [0.29, 0.717) is 11.8 Å². The van der Waals surface area contributed by atoms with E-state index in [-0.39, 0.29) is 10.8 Å². The summed E-state index contributed by atoms with van der Waals surface area (Å²) in [7, 11) is 0. The lowest BCUT2D eigenvalue weighted by molar-refractivity contribution is 0.452. The molecular weight excluding hydrogens is 516 g/mol. The molecule has 1 unspecified atom stereocenters. The van der Waals surface area contributed by atoms with Crippen LogP contribution in [0.5, 0.6) is 0 Å². The van der Waals surface area contributed by atoms with E-state index in [1.165, 1.54) is 77.0 Å². The van der Waals surface area contributed by atoms with Crippen LogP contribution in [0, 0.1) is 12.8 Å². The maximum atomic E-state index is 2.61. The number of rotatable bonds is 17. The molecule has 1 atom stereocenters. The third kappa shape index (κ3) is 12.8. The summed E-state index contributed by atoms with van der Waals surface area (Å²) in [6.07, 6.45) is 15.1. The number of hydrogen-bond donors (Lipinski definition) is 0. The Kier molecular flexibility index (Phi) is 20.5. The van der Waals surface area contributed by atoms with Crippen LogP contribution in [0.1, 0.15) is 206 Å². The van der Waals surface area contributed by atoms with Gasteiger partial charge in [-0.05, 0) is 101 Å². The van der Waals surface area contributed by atoms with Crippen molar-refractivity contribution in [3.63, 3.8) is 0 Å². The summed E-state index contributed by atoms with van der Waals surface area (Å²) in [5.41, 5.74) is 11.3. The van der Waals surface area contributed by atoms with Gasteiger partial charge >= 0.3 is 0 Å². The zero-order chi connectivity index (χ0) is 33.2. The fraction of sp³-hybridized carbons (Fsp3) is 0.721. The van der Waals surface area contributed by atoms with E-state index in [0.717, 1.165) is 0 Å². The van der Waals surface area contributed by atoms with Crippen LogP contribution in [0.25, 0.3) is 0 Å². The van der Waals surface area contributed by atoms with Gasteiger partial charge in [0.1, 0.15) is 0 Å². The van der Waals surface area contributed by atoms with Crippen LogP contribution in [0.3, 0.4) is 0 Å².